The molecule has 7 heteroatoms. The van der Waals surface area contributed by atoms with Gasteiger partial charge in [-0.3, -0.25) is 4.79 Å². The largest absolute Gasteiger partial charge is 0.480 e. The molecule has 6 nitrogen and oxygen atoms in total. The topological polar surface area (TPSA) is 116 Å². The lowest BCUT2D eigenvalue weighted by molar-refractivity contribution is -0.140. The molecule has 0 radical (unpaired) electrons. The SMILES string of the molecule is NC[C@@H]1C[C@@H](CCCB(O)O)[C@@H](C(=O)O)N1. The van der Waals surface area contributed by atoms with Crippen LogP contribution >= 0.6 is 0 Å². The van der Waals surface area contributed by atoms with Crippen LogP contribution in [0.5, 0.6) is 0 Å². The van der Waals surface area contributed by atoms with E-state index in [9.17, 15) is 4.79 Å². The van der Waals surface area contributed by atoms with Gasteiger partial charge >= 0.3 is 13.1 Å². The zero-order valence-corrected chi connectivity index (χ0v) is 9.17. The van der Waals surface area contributed by atoms with E-state index in [-0.39, 0.29) is 18.3 Å². The Labute approximate surface area is 95.0 Å². The van der Waals surface area contributed by atoms with Crippen LogP contribution in [0.25, 0.3) is 0 Å². The highest BCUT2D eigenvalue weighted by atomic mass is 16.4. The number of carbonyl (C=O) groups is 1. The molecule has 0 aromatic rings. The Balaban J connectivity index is 2.40. The standard InChI is InChI=1S/C9H19BN2O4/c11-5-7-4-6(2-1-3-10(15)16)8(12-7)9(13)14/h6-8,12,15-16H,1-5,11H2,(H,13,14)/t6-,7+,8+/m1/s1. The third-order valence-electron chi connectivity index (χ3n) is 3.06. The molecule has 1 rings (SSSR count). The molecule has 16 heavy (non-hydrogen) atoms. The van der Waals surface area contributed by atoms with Crippen molar-refractivity contribution in [3.8, 4) is 0 Å². The van der Waals surface area contributed by atoms with E-state index >= 15 is 0 Å². The van der Waals surface area contributed by atoms with Gasteiger partial charge in [-0.2, -0.15) is 0 Å². The molecular weight excluding hydrogens is 211 g/mol. The van der Waals surface area contributed by atoms with E-state index in [2.05, 4.69) is 5.32 Å². The van der Waals surface area contributed by atoms with E-state index in [1.54, 1.807) is 0 Å². The first kappa shape index (κ1) is 13.4. The molecule has 0 aromatic heterocycles. The summed E-state index contributed by atoms with van der Waals surface area (Å²) in [6, 6.07) is -0.491. The van der Waals surface area contributed by atoms with Crippen molar-refractivity contribution in [3.63, 3.8) is 0 Å². The average molecular weight is 230 g/mol. The summed E-state index contributed by atoms with van der Waals surface area (Å²) in [7, 11) is -1.30. The lowest BCUT2D eigenvalue weighted by atomic mass is 9.81. The summed E-state index contributed by atoms with van der Waals surface area (Å²) >= 11 is 0. The van der Waals surface area contributed by atoms with Crippen LogP contribution in [0.4, 0.5) is 0 Å². The Bertz CT molecular complexity index is 240. The Morgan fingerprint density at radius 3 is 2.69 bits per heavy atom. The Kier molecular flexibility index (Phi) is 5.20. The normalized spacial score (nSPS) is 29.3. The summed E-state index contributed by atoms with van der Waals surface area (Å²) in [5.74, 6) is -0.824. The van der Waals surface area contributed by atoms with Crippen LogP contribution in [-0.4, -0.2) is 46.9 Å². The number of carboxylic acids is 1. The molecule has 0 aliphatic carbocycles. The molecule has 0 bridgehead atoms. The maximum atomic E-state index is 11.0. The van der Waals surface area contributed by atoms with Crippen LogP contribution in [-0.2, 0) is 4.79 Å². The number of hydrogen-bond acceptors (Lipinski definition) is 5. The number of nitrogens with two attached hydrogens (primary N) is 1. The quantitative estimate of drug-likeness (QED) is 0.359. The van der Waals surface area contributed by atoms with Crippen molar-refractivity contribution in [1.82, 2.24) is 5.32 Å². The van der Waals surface area contributed by atoms with Crippen LogP contribution in [0.3, 0.4) is 0 Å². The molecule has 0 amide bonds. The molecule has 1 fully saturated rings. The van der Waals surface area contributed by atoms with Crippen LogP contribution in [0, 0.1) is 5.92 Å². The zero-order chi connectivity index (χ0) is 12.1. The lowest BCUT2D eigenvalue weighted by Crippen LogP contribution is -2.40. The van der Waals surface area contributed by atoms with E-state index in [4.69, 9.17) is 20.9 Å². The number of nitrogens with one attached hydrogen (secondary N) is 1. The monoisotopic (exact) mass is 230 g/mol. The van der Waals surface area contributed by atoms with Crippen molar-refractivity contribution in [2.24, 2.45) is 11.7 Å². The van der Waals surface area contributed by atoms with E-state index in [0.29, 0.717) is 19.4 Å². The summed E-state index contributed by atoms with van der Waals surface area (Å²) in [4.78, 5) is 11.0. The van der Waals surface area contributed by atoms with Crippen LogP contribution in [0.2, 0.25) is 6.32 Å². The van der Waals surface area contributed by atoms with Crippen molar-refractivity contribution < 1.29 is 19.9 Å². The van der Waals surface area contributed by atoms with Gasteiger partial charge in [-0.1, -0.05) is 6.42 Å². The smallest absolute Gasteiger partial charge is 0.451 e. The molecule has 3 atom stereocenters. The number of carboxylic acid groups (broad SMARTS) is 1. The fourth-order valence-electron chi connectivity index (χ4n) is 2.24. The second-order valence-corrected chi connectivity index (χ2v) is 4.32. The van der Waals surface area contributed by atoms with Gasteiger partial charge in [0.05, 0.1) is 0 Å². The second kappa shape index (κ2) is 6.19. The van der Waals surface area contributed by atoms with Gasteiger partial charge in [0, 0.05) is 12.6 Å². The predicted octanol–water partition coefficient (Wildman–Crippen LogP) is -1.37. The molecule has 1 saturated heterocycles. The second-order valence-electron chi connectivity index (χ2n) is 4.32. The predicted molar refractivity (Wildman–Crippen MR) is 59.7 cm³/mol. The maximum absolute atomic E-state index is 11.0. The van der Waals surface area contributed by atoms with Gasteiger partial charge in [0.25, 0.3) is 0 Å². The highest BCUT2D eigenvalue weighted by molar-refractivity contribution is 6.40. The summed E-state index contributed by atoms with van der Waals surface area (Å²) in [5.41, 5.74) is 5.50. The minimum Gasteiger partial charge on any atom is -0.480 e. The minimum atomic E-state index is -1.30. The van der Waals surface area contributed by atoms with Gasteiger partial charge < -0.3 is 26.2 Å². The van der Waals surface area contributed by atoms with Gasteiger partial charge in [-0.15, -0.1) is 0 Å². The molecule has 0 aromatic carbocycles. The summed E-state index contributed by atoms with van der Waals surface area (Å²) in [6.07, 6.45) is 2.33. The minimum absolute atomic E-state index is 0.0322. The van der Waals surface area contributed by atoms with Crippen molar-refractivity contribution >= 4 is 13.1 Å². The molecular formula is C9H19BN2O4. The van der Waals surface area contributed by atoms with Crippen molar-refractivity contribution in [1.29, 1.82) is 0 Å². The zero-order valence-electron chi connectivity index (χ0n) is 9.17. The van der Waals surface area contributed by atoms with Crippen LogP contribution in [0.15, 0.2) is 0 Å². The van der Waals surface area contributed by atoms with E-state index in [1.165, 1.54) is 0 Å². The van der Waals surface area contributed by atoms with Crippen molar-refractivity contribution in [3.05, 3.63) is 0 Å². The van der Waals surface area contributed by atoms with Crippen molar-refractivity contribution in [2.75, 3.05) is 6.54 Å². The van der Waals surface area contributed by atoms with Gasteiger partial charge in [-0.05, 0) is 25.1 Å². The fraction of sp³-hybridized carbons (Fsp3) is 0.889. The third kappa shape index (κ3) is 3.75. The van der Waals surface area contributed by atoms with E-state index in [0.717, 1.165) is 6.42 Å². The van der Waals surface area contributed by atoms with E-state index < -0.39 is 19.1 Å². The first-order chi connectivity index (χ1) is 7.54. The molecule has 0 spiro atoms. The van der Waals surface area contributed by atoms with Crippen LogP contribution in [0.1, 0.15) is 19.3 Å². The fourth-order valence-corrected chi connectivity index (χ4v) is 2.24. The first-order valence-electron chi connectivity index (χ1n) is 5.59. The Morgan fingerprint density at radius 1 is 1.50 bits per heavy atom. The average Bonchev–Trinajstić information content (AvgIpc) is 2.60. The molecule has 6 N–H and O–H groups in total. The molecule has 1 aliphatic rings. The first-order valence-corrected chi connectivity index (χ1v) is 5.59. The Morgan fingerprint density at radius 2 is 2.19 bits per heavy atom. The molecule has 0 saturated carbocycles. The third-order valence-corrected chi connectivity index (χ3v) is 3.06. The van der Waals surface area contributed by atoms with E-state index in [1.807, 2.05) is 0 Å². The maximum Gasteiger partial charge on any atom is 0.451 e. The number of hydrogen-bond donors (Lipinski definition) is 5. The summed E-state index contributed by atoms with van der Waals surface area (Å²) in [5, 5.41) is 29.4. The number of aliphatic carboxylic acids is 1. The van der Waals surface area contributed by atoms with Crippen molar-refractivity contribution in [2.45, 2.75) is 37.7 Å². The van der Waals surface area contributed by atoms with Crippen LogP contribution < -0.4 is 11.1 Å². The molecule has 1 aliphatic heterocycles. The van der Waals surface area contributed by atoms with Gasteiger partial charge in [0.1, 0.15) is 6.04 Å². The summed E-state index contributed by atoms with van der Waals surface area (Å²) < 4.78 is 0. The molecule has 1 heterocycles. The highest BCUT2D eigenvalue weighted by Crippen LogP contribution is 2.25. The summed E-state index contributed by atoms with van der Waals surface area (Å²) in [6.45, 7) is 0.433. The van der Waals surface area contributed by atoms with Gasteiger partial charge in [0.2, 0.25) is 0 Å². The van der Waals surface area contributed by atoms with Gasteiger partial charge in [0.15, 0.2) is 0 Å². The molecule has 92 valence electrons. The Hall–Kier alpha value is -0.625. The highest BCUT2D eigenvalue weighted by Gasteiger charge is 2.37. The number of rotatable bonds is 6. The van der Waals surface area contributed by atoms with Gasteiger partial charge in [-0.25, -0.2) is 0 Å². The lowest BCUT2D eigenvalue weighted by Gasteiger charge is -2.14. The molecule has 0 unspecified atom stereocenters.